The molecule has 2 N–H and O–H groups in total. The van der Waals surface area contributed by atoms with Gasteiger partial charge in [-0.15, -0.1) is 0 Å². The van der Waals surface area contributed by atoms with Crippen molar-refractivity contribution in [2.45, 2.75) is 12.5 Å². The van der Waals surface area contributed by atoms with Crippen molar-refractivity contribution in [3.05, 3.63) is 34.4 Å². The number of esters is 1. The van der Waals surface area contributed by atoms with E-state index in [4.69, 9.17) is 17.3 Å². The number of benzene rings is 1. The van der Waals surface area contributed by atoms with Gasteiger partial charge in [0, 0.05) is 17.0 Å². The van der Waals surface area contributed by atoms with Crippen molar-refractivity contribution in [2.75, 3.05) is 7.11 Å². The number of carbonyl (C=O) groups is 1. The first-order valence-corrected chi connectivity index (χ1v) is 4.80. The van der Waals surface area contributed by atoms with Crippen LogP contribution in [0, 0.1) is 11.6 Å². The minimum atomic E-state index is -1.10. The zero-order valence-corrected chi connectivity index (χ0v) is 9.22. The molecule has 1 aromatic rings. The van der Waals surface area contributed by atoms with Crippen LogP contribution in [0.3, 0.4) is 0 Å². The van der Waals surface area contributed by atoms with E-state index in [0.717, 1.165) is 19.2 Å². The number of rotatable bonds is 3. The van der Waals surface area contributed by atoms with Gasteiger partial charge in [-0.1, -0.05) is 11.6 Å². The van der Waals surface area contributed by atoms with E-state index in [0.29, 0.717) is 0 Å². The fraction of sp³-hybridized carbons (Fsp3) is 0.300. The van der Waals surface area contributed by atoms with Crippen LogP contribution in [0.1, 0.15) is 5.56 Å². The Balaban J connectivity index is 2.93. The van der Waals surface area contributed by atoms with Crippen LogP contribution in [0.4, 0.5) is 8.78 Å². The Kier molecular flexibility index (Phi) is 4.20. The molecule has 16 heavy (non-hydrogen) atoms. The number of nitrogens with two attached hydrogens (primary N) is 1. The topological polar surface area (TPSA) is 52.3 Å². The summed E-state index contributed by atoms with van der Waals surface area (Å²) in [5.41, 5.74) is 5.12. The van der Waals surface area contributed by atoms with Crippen LogP contribution in [0.2, 0.25) is 5.02 Å². The van der Waals surface area contributed by atoms with Gasteiger partial charge in [0.15, 0.2) is 0 Å². The zero-order valence-electron chi connectivity index (χ0n) is 8.47. The highest BCUT2D eigenvalue weighted by Crippen LogP contribution is 2.20. The molecule has 0 heterocycles. The summed E-state index contributed by atoms with van der Waals surface area (Å²) in [5, 5.41) is -0.0506. The molecule has 0 fully saturated rings. The predicted molar refractivity (Wildman–Crippen MR) is 55.1 cm³/mol. The molecule has 0 aromatic heterocycles. The second-order valence-corrected chi connectivity index (χ2v) is 3.62. The van der Waals surface area contributed by atoms with Crippen LogP contribution in [-0.2, 0) is 16.0 Å². The SMILES string of the molecule is COC(=O)[C@@H](N)Cc1c(F)cc(Cl)cc1F. The quantitative estimate of drug-likeness (QED) is 0.829. The molecule has 0 amide bonds. The molecule has 1 rings (SSSR count). The first-order valence-electron chi connectivity index (χ1n) is 4.42. The highest BCUT2D eigenvalue weighted by molar-refractivity contribution is 6.30. The molecule has 0 aliphatic heterocycles. The van der Waals surface area contributed by atoms with Gasteiger partial charge < -0.3 is 10.5 Å². The Morgan fingerprint density at radius 1 is 1.50 bits per heavy atom. The molecule has 88 valence electrons. The third kappa shape index (κ3) is 2.90. The molecule has 0 saturated heterocycles. The van der Waals surface area contributed by atoms with Crippen molar-refractivity contribution in [3.8, 4) is 0 Å². The minimum absolute atomic E-state index is 0.0506. The number of halogens is 3. The van der Waals surface area contributed by atoms with Gasteiger partial charge in [-0.05, 0) is 12.1 Å². The first-order chi connectivity index (χ1) is 7.45. The first kappa shape index (κ1) is 12.9. The Morgan fingerprint density at radius 2 is 2.00 bits per heavy atom. The molecule has 3 nitrogen and oxygen atoms in total. The summed E-state index contributed by atoms with van der Waals surface area (Å²) in [6.45, 7) is 0. The monoisotopic (exact) mass is 249 g/mol. The van der Waals surface area contributed by atoms with Gasteiger partial charge in [0.25, 0.3) is 0 Å². The fourth-order valence-electron chi connectivity index (χ4n) is 1.22. The van der Waals surface area contributed by atoms with E-state index in [1.807, 2.05) is 0 Å². The lowest BCUT2D eigenvalue weighted by molar-refractivity contribution is -0.142. The molecule has 0 aliphatic carbocycles. The van der Waals surface area contributed by atoms with Crippen LogP contribution < -0.4 is 5.73 Å². The van der Waals surface area contributed by atoms with Crippen molar-refractivity contribution >= 4 is 17.6 Å². The maximum atomic E-state index is 13.3. The summed E-state index contributed by atoms with van der Waals surface area (Å²) in [5.74, 6) is -2.39. The largest absolute Gasteiger partial charge is 0.468 e. The standard InChI is InChI=1S/C10H10ClF2NO2/c1-16-10(15)9(14)4-6-7(12)2-5(11)3-8(6)13/h2-3,9H,4,14H2,1H3/t9-/m0/s1. The van der Waals surface area contributed by atoms with Gasteiger partial charge in [0.05, 0.1) is 7.11 Å². The summed E-state index contributed by atoms with van der Waals surface area (Å²) >= 11 is 5.45. The third-order valence-corrected chi connectivity index (χ3v) is 2.25. The third-order valence-electron chi connectivity index (χ3n) is 2.03. The summed E-state index contributed by atoms with van der Waals surface area (Å²) in [6, 6.07) is 0.823. The number of hydrogen-bond donors (Lipinski definition) is 1. The highest BCUT2D eigenvalue weighted by Gasteiger charge is 2.19. The van der Waals surface area contributed by atoms with Gasteiger partial charge in [0.2, 0.25) is 0 Å². The van der Waals surface area contributed by atoms with Gasteiger partial charge >= 0.3 is 5.97 Å². The summed E-state index contributed by atoms with van der Waals surface area (Å²) in [7, 11) is 1.15. The summed E-state index contributed by atoms with van der Waals surface area (Å²) < 4.78 is 31.0. The minimum Gasteiger partial charge on any atom is -0.468 e. The van der Waals surface area contributed by atoms with Gasteiger partial charge in [-0.25, -0.2) is 8.78 Å². The van der Waals surface area contributed by atoms with E-state index in [9.17, 15) is 13.6 Å². The van der Waals surface area contributed by atoms with E-state index in [1.54, 1.807) is 0 Å². The zero-order chi connectivity index (χ0) is 12.3. The molecule has 0 spiro atoms. The molecule has 0 aliphatic rings. The Labute approximate surface area is 96.1 Å². The number of ether oxygens (including phenoxy) is 1. The van der Waals surface area contributed by atoms with Crippen molar-refractivity contribution in [1.82, 2.24) is 0 Å². The van der Waals surface area contributed by atoms with Gasteiger partial charge in [-0.2, -0.15) is 0 Å². The Morgan fingerprint density at radius 3 is 2.44 bits per heavy atom. The van der Waals surface area contributed by atoms with Crippen molar-refractivity contribution in [3.63, 3.8) is 0 Å². The molecule has 0 radical (unpaired) electrons. The van der Waals surface area contributed by atoms with Crippen LogP contribution in [0.15, 0.2) is 12.1 Å². The van der Waals surface area contributed by atoms with E-state index in [2.05, 4.69) is 4.74 Å². The maximum Gasteiger partial charge on any atom is 0.322 e. The van der Waals surface area contributed by atoms with Crippen LogP contribution in [0.5, 0.6) is 0 Å². The van der Waals surface area contributed by atoms with Crippen LogP contribution in [-0.4, -0.2) is 19.1 Å². The Bertz CT molecular complexity index is 389. The van der Waals surface area contributed by atoms with E-state index < -0.39 is 23.6 Å². The lowest BCUT2D eigenvalue weighted by Crippen LogP contribution is -2.34. The Hall–Kier alpha value is -1.20. The van der Waals surface area contributed by atoms with Gasteiger partial charge in [0.1, 0.15) is 17.7 Å². The molecule has 0 saturated carbocycles. The summed E-state index contributed by atoms with van der Waals surface area (Å²) in [4.78, 5) is 11.0. The smallest absolute Gasteiger partial charge is 0.322 e. The molecule has 0 bridgehead atoms. The molecular formula is C10H10ClF2NO2. The molecular weight excluding hydrogens is 240 g/mol. The van der Waals surface area contributed by atoms with E-state index >= 15 is 0 Å². The lowest BCUT2D eigenvalue weighted by Gasteiger charge is -2.10. The summed E-state index contributed by atoms with van der Waals surface area (Å²) in [6.07, 6.45) is -0.276. The van der Waals surface area contributed by atoms with Crippen molar-refractivity contribution in [1.29, 1.82) is 0 Å². The predicted octanol–water partition coefficient (Wildman–Crippen LogP) is 1.66. The maximum absolute atomic E-state index is 13.3. The average Bonchev–Trinajstić information content (AvgIpc) is 2.21. The second kappa shape index (κ2) is 5.23. The number of hydrogen-bond acceptors (Lipinski definition) is 3. The second-order valence-electron chi connectivity index (χ2n) is 3.18. The number of methoxy groups -OCH3 is 1. The molecule has 6 heteroatoms. The number of carbonyl (C=O) groups excluding carboxylic acids is 1. The van der Waals surface area contributed by atoms with Gasteiger partial charge in [-0.3, -0.25) is 4.79 Å². The normalized spacial score (nSPS) is 12.3. The molecule has 1 aromatic carbocycles. The van der Waals surface area contributed by atoms with E-state index in [1.165, 1.54) is 0 Å². The van der Waals surface area contributed by atoms with Crippen molar-refractivity contribution in [2.24, 2.45) is 5.73 Å². The fourth-order valence-corrected chi connectivity index (χ4v) is 1.41. The molecule has 1 atom stereocenters. The highest BCUT2D eigenvalue weighted by atomic mass is 35.5. The van der Waals surface area contributed by atoms with Crippen molar-refractivity contribution < 1.29 is 18.3 Å². The average molecular weight is 250 g/mol. The van der Waals surface area contributed by atoms with E-state index in [-0.39, 0.29) is 17.0 Å². The van der Waals surface area contributed by atoms with Crippen LogP contribution >= 0.6 is 11.6 Å². The van der Waals surface area contributed by atoms with Crippen LogP contribution in [0.25, 0.3) is 0 Å². The molecule has 0 unspecified atom stereocenters. The lowest BCUT2D eigenvalue weighted by atomic mass is 10.1.